The second-order valence-electron chi connectivity index (χ2n) is 11.2. The summed E-state index contributed by atoms with van der Waals surface area (Å²) in [4.78, 5) is 4.84. The summed E-state index contributed by atoms with van der Waals surface area (Å²) < 4.78 is 0. The monoisotopic (exact) mass is 389 g/mol. The summed E-state index contributed by atoms with van der Waals surface area (Å²) in [7, 11) is 0. The molecule has 0 aromatic rings. The average molecular weight is 390 g/mol. The molecule has 1 N–H and O–H groups in total. The van der Waals surface area contributed by atoms with Gasteiger partial charge in [-0.3, -0.25) is 0 Å². The van der Waals surface area contributed by atoms with Crippen molar-refractivity contribution in [3.8, 4) is 0 Å². The zero-order valence-corrected chi connectivity index (χ0v) is 19.1. The van der Waals surface area contributed by atoms with E-state index in [1.807, 2.05) is 4.90 Å². The van der Waals surface area contributed by atoms with Crippen LogP contribution in [0.1, 0.15) is 104 Å². The molecular weight excluding hydrogens is 340 g/mol. The molecule has 0 spiro atoms. The molecule has 2 saturated carbocycles. The molecule has 4 aliphatic rings. The number of likely N-dealkylation sites (tertiary alicyclic amines) is 2. The van der Waals surface area contributed by atoms with Crippen LogP contribution < -0.4 is 4.90 Å². The fourth-order valence-corrected chi connectivity index (χ4v) is 7.62. The molecule has 2 unspecified atom stereocenters. The van der Waals surface area contributed by atoms with Gasteiger partial charge in [0.2, 0.25) is 0 Å². The molecule has 2 heterocycles. The van der Waals surface area contributed by atoms with Gasteiger partial charge in [0.05, 0.1) is 19.1 Å². The van der Waals surface area contributed by atoms with E-state index >= 15 is 0 Å². The van der Waals surface area contributed by atoms with Crippen LogP contribution in [0.2, 0.25) is 0 Å². The van der Waals surface area contributed by atoms with E-state index < -0.39 is 0 Å². The molecule has 0 aromatic heterocycles. The Bertz CT molecular complexity index is 393. The van der Waals surface area contributed by atoms with Gasteiger partial charge in [-0.2, -0.15) is 0 Å². The van der Waals surface area contributed by atoms with Gasteiger partial charge < -0.3 is 9.80 Å². The van der Waals surface area contributed by atoms with E-state index in [9.17, 15) is 0 Å². The van der Waals surface area contributed by atoms with E-state index in [1.165, 1.54) is 116 Å². The molecule has 28 heavy (non-hydrogen) atoms. The molecule has 2 nitrogen and oxygen atoms in total. The first-order chi connectivity index (χ1) is 13.7. The Hall–Kier alpha value is -0.0800. The van der Waals surface area contributed by atoms with Gasteiger partial charge in [0, 0.05) is 12.0 Å². The zero-order chi connectivity index (χ0) is 19.3. The first-order valence-electron chi connectivity index (χ1n) is 13.3. The van der Waals surface area contributed by atoms with Gasteiger partial charge in [-0.1, -0.05) is 38.5 Å². The summed E-state index contributed by atoms with van der Waals surface area (Å²) in [5.41, 5.74) is 0. The van der Waals surface area contributed by atoms with E-state index in [0.717, 1.165) is 35.8 Å². The van der Waals surface area contributed by atoms with Gasteiger partial charge >= 0.3 is 0 Å². The van der Waals surface area contributed by atoms with Crippen molar-refractivity contribution in [2.24, 2.45) is 23.7 Å². The predicted molar refractivity (Wildman–Crippen MR) is 120 cm³/mol. The van der Waals surface area contributed by atoms with E-state index in [1.54, 1.807) is 0 Å². The van der Waals surface area contributed by atoms with E-state index in [2.05, 4.69) is 18.7 Å². The zero-order valence-electron chi connectivity index (χ0n) is 19.1. The smallest absolute Gasteiger partial charge is 0.0874 e. The second-order valence-corrected chi connectivity index (χ2v) is 11.2. The molecule has 0 amide bonds. The minimum Gasteiger partial charge on any atom is -0.332 e. The number of nitrogens with one attached hydrogen (secondary N) is 1. The van der Waals surface area contributed by atoms with Gasteiger partial charge in [-0.15, -0.1) is 0 Å². The third kappa shape index (κ3) is 5.15. The van der Waals surface area contributed by atoms with E-state index in [4.69, 9.17) is 0 Å². The topological polar surface area (TPSA) is 7.68 Å². The Kier molecular flexibility index (Phi) is 7.78. The summed E-state index contributed by atoms with van der Waals surface area (Å²) in [5, 5.41) is 0. The van der Waals surface area contributed by atoms with Crippen LogP contribution in [0, 0.1) is 23.7 Å². The number of hydrogen-bond donors (Lipinski definition) is 1. The highest BCUT2D eigenvalue weighted by Gasteiger charge is 2.36. The Labute approximate surface area is 175 Å². The lowest BCUT2D eigenvalue weighted by Gasteiger charge is -2.44. The number of piperidine rings is 2. The van der Waals surface area contributed by atoms with Crippen LogP contribution in [0.5, 0.6) is 0 Å². The summed E-state index contributed by atoms with van der Waals surface area (Å²) in [6.45, 7) is 10.9. The first kappa shape index (κ1) is 21.2. The number of rotatable bonds is 5. The van der Waals surface area contributed by atoms with Gasteiger partial charge in [0.25, 0.3) is 0 Å². The summed E-state index contributed by atoms with van der Waals surface area (Å²) >= 11 is 0. The van der Waals surface area contributed by atoms with Crippen molar-refractivity contribution in [3.05, 3.63) is 0 Å². The normalized spacial score (nSPS) is 34.9. The number of nitrogens with zero attached hydrogens (tertiary/aromatic N) is 1. The van der Waals surface area contributed by atoms with Crippen molar-refractivity contribution in [2.45, 2.75) is 116 Å². The van der Waals surface area contributed by atoms with Gasteiger partial charge in [-0.25, -0.2) is 0 Å². The van der Waals surface area contributed by atoms with Crippen molar-refractivity contribution in [1.82, 2.24) is 4.90 Å². The van der Waals surface area contributed by atoms with Crippen LogP contribution in [0.15, 0.2) is 0 Å². The van der Waals surface area contributed by atoms with Crippen LogP contribution >= 0.6 is 0 Å². The molecule has 2 aliphatic heterocycles. The standard InChI is InChI=1S/C26H48N2/c1-21(23-9-5-3-6-10-23)27-17-13-25(14-18-27)26-15-19-28(20-16-26)22(2)24-11-7-4-8-12-24/h21-26H,3-20H2,1-2H3/p+1. The molecule has 2 saturated heterocycles. The SMILES string of the molecule is CC(C1CCCCC1)N1CCC(C2CC[NH+](C(C)C3CCCCC3)CC2)CC1. The molecule has 2 atom stereocenters. The van der Waals surface area contributed by atoms with Crippen LogP contribution in [-0.2, 0) is 0 Å². The third-order valence-electron chi connectivity index (χ3n) is 9.82. The lowest BCUT2D eigenvalue weighted by atomic mass is 9.76. The predicted octanol–water partition coefficient (Wildman–Crippen LogP) is 4.93. The molecule has 0 radical (unpaired) electrons. The highest BCUT2D eigenvalue weighted by molar-refractivity contribution is 4.85. The summed E-state index contributed by atoms with van der Waals surface area (Å²) in [5.74, 6) is 4.12. The van der Waals surface area contributed by atoms with Crippen LogP contribution in [-0.4, -0.2) is 43.2 Å². The van der Waals surface area contributed by atoms with E-state index in [-0.39, 0.29) is 0 Å². The Morgan fingerprint density at radius 2 is 1.11 bits per heavy atom. The molecule has 162 valence electrons. The largest absolute Gasteiger partial charge is 0.332 e. The fraction of sp³-hybridized carbons (Fsp3) is 1.00. The van der Waals surface area contributed by atoms with Crippen LogP contribution in [0.25, 0.3) is 0 Å². The summed E-state index contributed by atoms with van der Waals surface area (Å²) in [6.07, 6.45) is 21.1. The van der Waals surface area contributed by atoms with E-state index in [0.29, 0.717) is 0 Å². The quantitative estimate of drug-likeness (QED) is 0.700. The van der Waals surface area contributed by atoms with Gasteiger partial charge in [-0.05, 0) is 96.1 Å². The molecule has 4 rings (SSSR count). The molecular formula is C26H49N2+. The summed E-state index contributed by atoms with van der Waals surface area (Å²) in [6, 6.07) is 1.78. The molecule has 0 bridgehead atoms. The molecule has 2 aliphatic carbocycles. The minimum atomic E-state index is 0.851. The Balaban J connectivity index is 1.18. The number of hydrogen-bond acceptors (Lipinski definition) is 1. The lowest BCUT2D eigenvalue weighted by molar-refractivity contribution is -0.933. The van der Waals surface area contributed by atoms with Crippen LogP contribution in [0.4, 0.5) is 0 Å². The van der Waals surface area contributed by atoms with Crippen molar-refractivity contribution < 1.29 is 4.90 Å². The highest BCUT2D eigenvalue weighted by Crippen LogP contribution is 2.34. The van der Waals surface area contributed by atoms with Crippen LogP contribution in [0.3, 0.4) is 0 Å². The molecule has 4 fully saturated rings. The third-order valence-corrected chi connectivity index (χ3v) is 9.82. The molecule has 2 heteroatoms. The second kappa shape index (κ2) is 10.3. The van der Waals surface area contributed by atoms with Gasteiger partial charge in [0.1, 0.15) is 0 Å². The van der Waals surface area contributed by atoms with Crippen molar-refractivity contribution in [3.63, 3.8) is 0 Å². The van der Waals surface area contributed by atoms with Crippen molar-refractivity contribution in [2.75, 3.05) is 26.2 Å². The molecule has 0 aromatic carbocycles. The lowest BCUT2D eigenvalue weighted by Crippen LogP contribution is -3.17. The first-order valence-corrected chi connectivity index (χ1v) is 13.3. The number of quaternary nitrogens is 1. The minimum absolute atomic E-state index is 0.851. The Morgan fingerprint density at radius 3 is 1.68 bits per heavy atom. The maximum absolute atomic E-state index is 2.87. The van der Waals surface area contributed by atoms with Gasteiger partial charge in [0.15, 0.2) is 0 Å². The maximum atomic E-state index is 2.87. The van der Waals surface area contributed by atoms with Crippen molar-refractivity contribution in [1.29, 1.82) is 0 Å². The maximum Gasteiger partial charge on any atom is 0.0874 e. The fourth-order valence-electron chi connectivity index (χ4n) is 7.62. The van der Waals surface area contributed by atoms with Crippen molar-refractivity contribution >= 4 is 0 Å². The average Bonchev–Trinajstić information content (AvgIpc) is 2.79. The Morgan fingerprint density at radius 1 is 0.607 bits per heavy atom. The highest BCUT2D eigenvalue weighted by atomic mass is 15.2.